The molecule has 0 aromatic heterocycles. The zero-order chi connectivity index (χ0) is 16.1. The predicted molar refractivity (Wildman–Crippen MR) is 95.0 cm³/mol. The van der Waals surface area contributed by atoms with Crippen LogP contribution in [0.4, 0.5) is 5.69 Å². The van der Waals surface area contributed by atoms with Crippen LogP contribution < -0.4 is 10.1 Å². The van der Waals surface area contributed by atoms with Crippen molar-refractivity contribution >= 4 is 27.5 Å². The highest BCUT2D eigenvalue weighted by Gasteiger charge is 2.59. The van der Waals surface area contributed by atoms with Crippen molar-refractivity contribution in [3.63, 3.8) is 0 Å². The fraction of sp³-hybridized carbons (Fsp3) is 0.632. The molecule has 2 unspecified atom stereocenters. The Morgan fingerprint density at radius 1 is 1.26 bits per heavy atom. The number of rotatable bonds is 4. The van der Waals surface area contributed by atoms with Gasteiger partial charge in [-0.2, -0.15) is 0 Å². The first-order chi connectivity index (χ1) is 11.0. The summed E-state index contributed by atoms with van der Waals surface area (Å²) < 4.78 is 5.85. The van der Waals surface area contributed by atoms with E-state index < -0.39 is 0 Å². The molecule has 4 aliphatic carbocycles. The number of para-hydroxylation sites is 2. The van der Waals surface area contributed by atoms with Crippen LogP contribution in [-0.2, 0) is 4.79 Å². The molecule has 0 aliphatic heterocycles. The predicted octanol–water partition coefficient (Wildman–Crippen LogP) is 4.76. The Labute approximate surface area is 146 Å². The number of alkyl halides is 1. The van der Waals surface area contributed by atoms with Crippen molar-refractivity contribution in [1.29, 1.82) is 0 Å². The molecule has 1 aromatic rings. The summed E-state index contributed by atoms with van der Waals surface area (Å²) in [7, 11) is 0. The second-order valence-corrected chi connectivity index (χ2v) is 9.46. The van der Waals surface area contributed by atoms with Gasteiger partial charge in [0, 0.05) is 4.32 Å². The number of ether oxygens (including phenoxy) is 1. The van der Waals surface area contributed by atoms with E-state index in [9.17, 15) is 4.79 Å². The number of benzene rings is 1. The van der Waals surface area contributed by atoms with Crippen molar-refractivity contribution in [2.45, 2.75) is 49.8 Å². The van der Waals surface area contributed by atoms with Gasteiger partial charge < -0.3 is 10.1 Å². The molecule has 4 saturated carbocycles. The van der Waals surface area contributed by atoms with Crippen LogP contribution in [0.3, 0.4) is 0 Å². The molecule has 0 saturated heterocycles. The van der Waals surface area contributed by atoms with Gasteiger partial charge in [-0.15, -0.1) is 0 Å². The van der Waals surface area contributed by atoms with Crippen LogP contribution in [0.1, 0.15) is 45.4 Å². The maximum atomic E-state index is 13.2. The van der Waals surface area contributed by atoms with E-state index in [-0.39, 0.29) is 15.6 Å². The largest absolute Gasteiger partial charge is 0.492 e. The summed E-state index contributed by atoms with van der Waals surface area (Å²) in [6, 6.07) is 7.75. The summed E-state index contributed by atoms with van der Waals surface area (Å²) in [5.74, 6) is 2.39. The van der Waals surface area contributed by atoms with Crippen molar-refractivity contribution in [2.24, 2.45) is 17.3 Å². The Kier molecular flexibility index (Phi) is 3.71. The monoisotopic (exact) mass is 377 g/mol. The van der Waals surface area contributed by atoms with Crippen LogP contribution in [0.2, 0.25) is 0 Å². The van der Waals surface area contributed by atoms with Crippen molar-refractivity contribution in [2.75, 3.05) is 11.9 Å². The number of hydrogen-bond donors (Lipinski definition) is 1. The van der Waals surface area contributed by atoms with Crippen molar-refractivity contribution in [3.05, 3.63) is 24.3 Å². The molecular weight excluding hydrogens is 354 g/mol. The lowest BCUT2D eigenvalue weighted by Crippen LogP contribution is -2.57. The molecule has 0 heterocycles. The van der Waals surface area contributed by atoms with Gasteiger partial charge in [0.2, 0.25) is 5.91 Å². The second kappa shape index (κ2) is 5.51. The summed E-state index contributed by atoms with van der Waals surface area (Å²) in [6.07, 6.45) is 6.90. The summed E-state index contributed by atoms with van der Waals surface area (Å²) in [4.78, 5) is 13.2. The fourth-order valence-corrected chi connectivity index (χ4v) is 6.97. The molecule has 1 N–H and O–H groups in total. The third-order valence-electron chi connectivity index (χ3n) is 5.91. The van der Waals surface area contributed by atoms with Gasteiger partial charge in [-0.1, -0.05) is 28.1 Å². The standard InChI is InChI=1S/C19H24BrNO2/c1-2-23-16-6-4-3-5-15(16)21-17(22)18-8-13-7-14(9-18)11-19(20,10-13)12-18/h3-6,13-14H,2,7-12H2,1H3,(H,21,22). The number of hydrogen-bond acceptors (Lipinski definition) is 2. The topological polar surface area (TPSA) is 38.3 Å². The van der Waals surface area contributed by atoms with E-state index in [1.165, 1.54) is 19.3 Å². The smallest absolute Gasteiger partial charge is 0.230 e. The zero-order valence-corrected chi connectivity index (χ0v) is 15.2. The van der Waals surface area contributed by atoms with Gasteiger partial charge >= 0.3 is 0 Å². The third-order valence-corrected chi connectivity index (χ3v) is 6.83. The first kappa shape index (κ1) is 15.5. The van der Waals surface area contributed by atoms with E-state index in [0.29, 0.717) is 18.4 Å². The van der Waals surface area contributed by atoms with Crippen molar-refractivity contribution in [1.82, 2.24) is 0 Å². The van der Waals surface area contributed by atoms with Crippen LogP contribution >= 0.6 is 15.9 Å². The van der Waals surface area contributed by atoms with Crippen LogP contribution in [0.15, 0.2) is 24.3 Å². The highest BCUT2D eigenvalue weighted by atomic mass is 79.9. The van der Waals surface area contributed by atoms with Gasteiger partial charge in [0.05, 0.1) is 17.7 Å². The summed E-state index contributed by atoms with van der Waals surface area (Å²) in [5, 5.41) is 3.18. The highest BCUT2D eigenvalue weighted by molar-refractivity contribution is 9.10. The average Bonchev–Trinajstić information content (AvgIpc) is 2.47. The first-order valence-corrected chi connectivity index (χ1v) is 9.53. The van der Waals surface area contributed by atoms with Gasteiger partial charge in [0.15, 0.2) is 0 Å². The van der Waals surface area contributed by atoms with Gasteiger partial charge in [-0.05, 0) is 69.4 Å². The lowest BCUT2D eigenvalue weighted by atomic mass is 9.49. The van der Waals surface area contributed by atoms with Crippen molar-refractivity contribution in [3.8, 4) is 5.75 Å². The SMILES string of the molecule is CCOc1ccccc1NC(=O)C12CC3CC(CC(Br)(C3)C1)C2. The number of amides is 1. The second-order valence-electron chi connectivity index (χ2n) is 7.78. The lowest BCUT2D eigenvalue weighted by molar-refractivity contribution is -0.138. The number of anilines is 1. The molecule has 0 spiro atoms. The van der Waals surface area contributed by atoms with Gasteiger partial charge in [0.25, 0.3) is 0 Å². The Morgan fingerprint density at radius 2 is 1.96 bits per heavy atom. The van der Waals surface area contributed by atoms with Crippen LogP contribution in [0.5, 0.6) is 5.75 Å². The maximum Gasteiger partial charge on any atom is 0.230 e. The first-order valence-electron chi connectivity index (χ1n) is 8.74. The molecule has 124 valence electrons. The van der Waals surface area contributed by atoms with Crippen LogP contribution in [-0.4, -0.2) is 16.8 Å². The molecule has 4 aliphatic rings. The molecular formula is C19H24BrNO2. The van der Waals surface area contributed by atoms with E-state index >= 15 is 0 Å². The van der Waals surface area contributed by atoms with Crippen LogP contribution in [0.25, 0.3) is 0 Å². The number of carbonyl (C=O) groups excluding carboxylic acids is 1. The van der Waals surface area contributed by atoms with E-state index in [4.69, 9.17) is 4.74 Å². The Morgan fingerprint density at radius 3 is 2.61 bits per heavy atom. The van der Waals surface area contributed by atoms with E-state index in [2.05, 4.69) is 21.2 Å². The number of carbonyl (C=O) groups is 1. The molecule has 23 heavy (non-hydrogen) atoms. The van der Waals surface area contributed by atoms with Gasteiger partial charge in [-0.25, -0.2) is 0 Å². The molecule has 1 amide bonds. The van der Waals surface area contributed by atoms with E-state index in [0.717, 1.165) is 30.7 Å². The zero-order valence-electron chi connectivity index (χ0n) is 13.6. The normalized spacial score (nSPS) is 37.7. The lowest BCUT2D eigenvalue weighted by Gasteiger charge is -2.59. The molecule has 0 radical (unpaired) electrons. The van der Waals surface area contributed by atoms with Crippen LogP contribution in [0, 0.1) is 17.3 Å². The molecule has 2 atom stereocenters. The van der Waals surface area contributed by atoms with E-state index in [1.54, 1.807) is 0 Å². The fourth-order valence-electron chi connectivity index (χ4n) is 5.52. The average molecular weight is 378 g/mol. The minimum Gasteiger partial charge on any atom is -0.492 e. The molecule has 5 rings (SSSR count). The highest BCUT2D eigenvalue weighted by Crippen LogP contribution is 2.64. The minimum atomic E-state index is -0.188. The van der Waals surface area contributed by atoms with Crippen molar-refractivity contribution < 1.29 is 9.53 Å². The molecule has 4 heteroatoms. The Bertz CT molecular complexity index is 616. The number of nitrogens with one attached hydrogen (secondary N) is 1. The molecule has 1 aromatic carbocycles. The Hall–Kier alpha value is -1.03. The number of halogens is 1. The quantitative estimate of drug-likeness (QED) is 0.768. The molecule has 4 bridgehead atoms. The van der Waals surface area contributed by atoms with E-state index in [1.807, 2.05) is 31.2 Å². The Balaban J connectivity index is 1.58. The third kappa shape index (κ3) is 2.69. The van der Waals surface area contributed by atoms with Gasteiger partial charge in [-0.3, -0.25) is 4.79 Å². The summed E-state index contributed by atoms with van der Waals surface area (Å²) >= 11 is 3.98. The summed E-state index contributed by atoms with van der Waals surface area (Å²) in [5.41, 5.74) is 0.617. The molecule has 4 fully saturated rings. The summed E-state index contributed by atoms with van der Waals surface area (Å²) in [6.45, 7) is 2.57. The molecule has 3 nitrogen and oxygen atoms in total. The van der Waals surface area contributed by atoms with Gasteiger partial charge in [0.1, 0.15) is 5.75 Å². The minimum absolute atomic E-state index is 0.188. The maximum absolute atomic E-state index is 13.2.